The smallest absolute Gasteiger partial charge is 0.00953 e. The fourth-order valence-electron chi connectivity index (χ4n) is 3.36. The number of aryl methyl sites for hydroxylation is 3. The van der Waals surface area contributed by atoms with Crippen LogP contribution in [0.5, 0.6) is 0 Å². The third kappa shape index (κ3) is 4.52. The van der Waals surface area contributed by atoms with Crippen molar-refractivity contribution in [2.75, 3.05) is 0 Å². The molecule has 0 aliphatic heterocycles. The van der Waals surface area contributed by atoms with E-state index in [0.717, 1.165) is 5.92 Å². The van der Waals surface area contributed by atoms with Gasteiger partial charge in [-0.1, -0.05) is 62.8 Å². The second-order valence-corrected chi connectivity index (χ2v) is 6.49. The molecule has 1 unspecified atom stereocenters. The van der Waals surface area contributed by atoms with Gasteiger partial charge in [0.1, 0.15) is 0 Å². The van der Waals surface area contributed by atoms with Gasteiger partial charge in [0.15, 0.2) is 0 Å². The van der Waals surface area contributed by atoms with Crippen LogP contribution in [0.25, 0.3) is 0 Å². The standard InChI is InChI=1S/C21H25.Y/c1-16-13-14-20-19(21(20)15-16)12-6-4-3-5-10-18-11-8-7-9-17(18)2;/h7,9,11,13-15,19H,3-6,10,12H2,1-2H3;/q-1;. The minimum absolute atomic E-state index is 0. The first kappa shape index (κ1) is 17.9. The van der Waals surface area contributed by atoms with Crippen molar-refractivity contribution in [1.29, 1.82) is 0 Å². The molecule has 1 heteroatoms. The quantitative estimate of drug-likeness (QED) is 0.433. The molecule has 0 fully saturated rings. The van der Waals surface area contributed by atoms with Crippen LogP contribution >= 0.6 is 0 Å². The van der Waals surface area contributed by atoms with Gasteiger partial charge in [0.2, 0.25) is 0 Å². The molecule has 0 saturated heterocycles. The Bertz CT molecular complexity index is 615. The first-order valence-corrected chi connectivity index (χ1v) is 8.32. The number of benzene rings is 2. The van der Waals surface area contributed by atoms with E-state index in [4.69, 9.17) is 0 Å². The summed E-state index contributed by atoms with van der Waals surface area (Å²) in [6, 6.07) is 16.5. The molecular weight excluding hydrogens is 341 g/mol. The number of unbranched alkanes of at least 4 members (excludes halogenated alkanes) is 3. The molecule has 113 valence electrons. The maximum absolute atomic E-state index is 3.19. The second kappa shape index (κ2) is 8.41. The average molecular weight is 366 g/mol. The molecule has 1 radical (unpaired) electrons. The molecule has 0 N–H and O–H groups in total. The zero-order valence-electron chi connectivity index (χ0n) is 13.9. The minimum atomic E-state index is 0. The maximum Gasteiger partial charge on any atom is 0.00953 e. The maximum atomic E-state index is 3.19. The fraction of sp³-hybridized carbons (Fsp3) is 0.429. The van der Waals surface area contributed by atoms with E-state index in [2.05, 4.69) is 50.2 Å². The molecule has 0 amide bonds. The normalized spacial score (nSPS) is 15.1. The van der Waals surface area contributed by atoms with Gasteiger partial charge in [-0.05, 0) is 24.5 Å². The van der Waals surface area contributed by atoms with Gasteiger partial charge in [0, 0.05) is 38.6 Å². The van der Waals surface area contributed by atoms with Gasteiger partial charge in [-0.3, -0.25) is 0 Å². The van der Waals surface area contributed by atoms with Gasteiger partial charge < -0.3 is 0 Å². The van der Waals surface area contributed by atoms with Crippen molar-refractivity contribution in [1.82, 2.24) is 0 Å². The summed E-state index contributed by atoms with van der Waals surface area (Å²) < 4.78 is 0. The van der Waals surface area contributed by atoms with E-state index in [1.807, 2.05) is 6.07 Å². The van der Waals surface area contributed by atoms with Crippen molar-refractivity contribution in [3.05, 3.63) is 70.3 Å². The Hall–Kier alpha value is -0.456. The van der Waals surface area contributed by atoms with Crippen molar-refractivity contribution in [3.8, 4) is 0 Å². The van der Waals surface area contributed by atoms with Crippen LogP contribution in [0.3, 0.4) is 0 Å². The molecule has 0 spiro atoms. The molecule has 1 aliphatic carbocycles. The third-order valence-corrected chi connectivity index (χ3v) is 4.79. The fourth-order valence-corrected chi connectivity index (χ4v) is 3.36. The van der Waals surface area contributed by atoms with Crippen molar-refractivity contribution in [2.24, 2.45) is 0 Å². The van der Waals surface area contributed by atoms with Crippen LogP contribution < -0.4 is 0 Å². The van der Waals surface area contributed by atoms with E-state index in [1.54, 1.807) is 11.1 Å². The Balaban J connectivity index is 0.00000176. The van der Waals surface area contributed by atoms with Crippen LogP contribution in [-0.4, -0.2) is 0 Å². The third-order valence-electron chi connectivity index (χ3n) is 4.79. The van der Waals surface area contributed by atoms with Crippen LogP contribution in [-0.2, 0) is 39.1 Å². The Morgan fingerprint density at radius 2 is 1.77 bits per heavy atom. The first-order valence-electron chi connectivity index (χ1n) is 8.32. The zero-order valence-corrected chi connectivity index (χ0v) is 16.7. The molecule has 0 aromatic heterocycles. The number of hydrogen-bond acceptors (Lipinski definition) is 0. The van der Waals surface area contributed by atoms with Gasteiger partial charge in [-0.2, -0.15) is 35.4 Å². The Kier molecular flexibility index (Phi) is 6.84. The van der Waals surface area contributed by atoms with Crippen LogP contribution in [0.15, 0.2) is 36.4 Å². The molecular formula is C21H25Y-. The summed E-state index contributed by atoms with van der Waals surface area (Å²) in [6.45, 7) is 4.40. The van der Waals surface area contributed by atoms with E-state index in [1.165, 1.54) is 55.2 Å². The average Bonchev–Trinajstić information content (AvgIpc) is 3.16. The predicted octanol–water partition coefficient (Wildman–Crippen LogP) is 5.74. The van der Waals surface area contributed by atoms with Crippen molar-refractivity contribution in [2.45, 2.75) is 58.3 Å². The van der Waals surface area contributed by atoms with E-state index in [0.29, 0.717) is 0 Å². The molecule has 2 aromatic rings. The largest absolute Gasteiger partial charge is 0.184 e. The minimum Gasteiger partial charge on any atom is -0.184 e. The second-order valence-electron chi connectivity index (χ2n) is 6.49. The summed E-state index contributed by atoms with van der Waals surface area (Å²) in [5, 5.41) is 0. The van der Waals surface area contributed by atoms with Gasteiger partial charge in [0.25, 0.3) is 0 Å². The molecule has 0 heterocycles. The Morgan fingerprint density at radius 1 is 0.955 bits per heavy atom. The molecule has 2 aromatic carbocycles. The van der Waals surface area contributed by atoms with E-state index in [9.17, 15) is 0 Å². The zero-order chi connectivity index (χ0) is 14.7. The van der Waals surface area contributed by atoms with Gasteiger partial charge in [-0.15, -0.1) is 0 Å². The Labute approximate surface area is 160 Å². The predicted molar refractivity (Wildman–Crippen MR) is 89.8 cm³/mol. The van der Waals surface area contributed by atoms with Gasteiger partial charge >= 0.3 is 0 Å². The van der Waals surface area contributed by atoms with Crippen LogP contribution in [0.4, 0.5) is 0 Å². The summed E-state index contributed by atoms with van der Waals surface area (Å²) in [6.07, 6.45) is 7.99. The SMILES string of the molecule is Cc1ccc2c(c1)C2CCCCCCc1c[c-]ccc1C.[Y]. The molecule has 0 nitrogen and oxygen atoms in total. The molecule has 1 aliphatic rings. The van der Waals surface area contributed by atoms with E-state index < -0.39 is 0 Å². The number of hydrogen-bond donors (Lipinski definition) is 0. The van der Waals surface area contributed by atoms with Crippen LogP contribution in [0, 0.1) is 19.9 Å². The molecule has 0 saturated carbocycles. The summed E-state index contributed by atoms with van der Waals surface area (Å²) in [5.74, 6) is 0.796. The molecule has 22 heavy (non-hydrogen) atoms. The van der Waals surface area contributed by atoms with Gasteiger partial charge in [0.05, 0.1) is 0 Å². The summed E-state index contributed by atoms with van der Waals surface area (Å²) >= 11 is 0. The van der Waals surface area contributed by atoms with Gasteiger partial charge in [-0.25, -0.2) is 0 Å². The Morgan fingerprint density at radius 3 is 2.55 bits per heavy atom. The number of fused-ring (bicyclic) bond motifs is 1. The molecule has 0 bridgehead atoms. The van der Waals surface area contributed by atoms with E-state index >= 15 is 0 Å². The monoisotopic (exact) mass is 366 g/mol. The summed E-state index contributed by atoms with van der Waals surface area (Å²) in [4.78, 5) is 0. The van der Waals surface area contributed by atoms with Crippen molar-refractivity contribution >= 4 is 0 Å². The topological polar surface area (TPSA) is 0 Å². The van der Waals surface area contributed by atoms with Crippen LogP contribution in [0.1, 0.15) is 65.8 Å². The summed E-state index contributed by atoms with van der Waals surface area (Å²) in [7, 11) is 0. The van der Waals surface area contributed by atoms with Crippen molar-refractivity contribution < 1.29 is 32.7 Å². The van der Waals surface area contributed by atoms with E-state index in [-0.39, 0.29) is 32.7 Å². The van der Waals surface area contributed by atoms with Crippen LogP contribution in [0.2, 0.25) is 0 Å². The van der Waals surface area contributed by atoms with Crippen molar-refractivity contribution in [3.63, 3.8) is 0 Å². The first-order chi connectivity index (χ1) is 10.3. The molecule has 3 rings (SSSR count). The number of rotatable bonds is 7. The summed E-state index contributed by atoms with van der Waals surface area (Å²) in [5.41, 5.74) is 7.52. The molecule has 1 atom stereocenters.